The Morgan fingerprint density at radius 1 is 1.29 bits per heavy atom. The average molecular weight is 291 g/mol. The van der Waals surface area contributed by atoms with Crippen molar-refractivity contribution in [1.82, 2.24) is 4.98 Å². The summed E-state index contributed by atoms with van der Waals surface area (Å²) < 4.78 is 23.8. The summed E-state index contributed by atoms with van der Waals surface area (Å²) in [7, 11) is 1.28. The smallest absolute Gasteiger partial charge is 0.376 e. The molecule has 4 nitrogen and oxygen atoms in total. The molecule has 0 aliphatic heterocycles. The van der Waals surface area contributed by atoms with Crippen molar-refractivity contribution in [3.8, 4) is 11.5 Å². The summed E-state index contributed by atoms with van der Waals surface area (Å²) in [6.07, 6.45) is 0. The van der Waals surface area contributed by atoms with Crippen LogP contribution in [0.5, 0.6) is 0 Å². The van der Waals surface area contributed by atoms with Crippen LogP contribution in [0.2, 0.25) is 0 Å². The number of carbonyl (C=O) groups excluding carboxylic acids is 1. The molecule has 0 spiro atoms. The first-order valence-corrected chi connectivity index (χ1v) is 6.59. The van der Waals surface area contributed by atoms with Crippen molar-refractivity contribution in [2.75, 3.05) is 7.11 Å². The van der Waals surface area contributed by atoms with Crippen LogP contribution in [0.25, 0.3) is 11.5 Å². The topological polar surface area (TPSA) is 52.3 Å². The molecule has 0 atom stereocenters. The van der Waals surface area contributed by atoms with Crippen molar-refractivity contribution >= 4 is 5.97 Å². The largest absolute Gasteiger partial charge is 0.463 e. The van der Waals surface area contributed by atoms with Crippen LogP contribution in [0.1, 0.15) is 42.6 Å². The van der Waals surface area contributed by atoms with Crippen molar-refractivity contribution in [2.45, 2.75) is 33.1 Å². The maximum Gasteiger partial charge on any atom is 0.376 e. The van der Waals surface area contributed by atoms with Crippen LogP contribution in [0.3, 0.4) is 0 Å². The van der Waals surface area contributed by atoms with Crippen molar-refractivity contribution < 1.29 is 18.3 Å². The zero-order chi connectivity index (χ0) is 15.8. The minimum absolute atomic E-state index is 0.0573. The number of carbonyl (C=O) groups is 1. The summed E-state index contributed by atoms with van der Waals surface area (Å²) in [5.41, 5.74) is 1.34. The first kappa shape index (κ1) is 15.2. The van der Waals surface area contributed by atoms with Crippen LogP contribution >= 0.6 is 0 Å². The summed E-state index contributed by atoms with van der Waals surface area (Å²) in [4.78, 5) is 16.2. The molecule has 0 N–H and O–H groups in total. The minimum atomic E-state index is -0.591. The second kappa shape index (κ2) is 5.31. The van der Waals surface area contributed by atoms with Gasteiger partial charge in [0.05, 0.1) is 7.11 Å². The monoisotopic (exact) mass is 291 g/mol. The molecule has 0 aliphatic carbocycles. The van der Waals surface area contributed by atoms with Gasteiger partial charge in [0.2, 0.25) is 11.7 Å². The van der Waals surface area contributed by atoms with Gasteiger partial charge in [-0.3, -0.25) is 0 Å². The minimum Gasteiger partial charge on any atom is -0.463 e. The molecule has 0 saturated heterocycles. The Morgan fingerprint density at radius 2 is 1.95 bits per heavy atom. The normalized spacial score (nSPS) is 11.5. The highest BCUT2D eigenvalue weighted by atomic mass is 19.1. The number of esters is 1. The molecule has 0 aliphatic rings. The second-order valence-corrected chi connectivity index (χ2v) is 5.96. The van der Waals surface area contributed by atoms with Crippen LogP contribution in [0, 0.1) is 12.7 Å². The highest BCUT2D eigenvalue weighted by Crippen LogP contribution is 2.31. The zero-order valence-corrected chi connectivity index (χ0v) is 12.8. The lowest BCUT2D eigenvalue weighted by atomic mass is 9.91. The number of benzene rings is 1. The Morgan fingerprint density at radius 3 is 2.48 bits per heavy atom. The number of nitrogens with zero attached hydrogens (tertiary/aromatic N) is 1. The summed E-state index contributed by atoms with van der Waals surface area (Å²) >= 11 is 0. The number of ether oxygens (including phenoxy) is 1. The lowest BCUT2D eigenvalue weighted by molar-refractivity contribution is 0.0562. The molecular weight excluding hydrogens is 273 g/mol. The van der Waals surface area contributed by atoms with E-state index in [0.717, 1.165) is 5.56 Å². The van der Waals surface area contributed by atoms with Crippen LogP contribution in [0.4, 0.5) is 4.39 Å². The molecule has 0 saturated carbocycles. The fourth-order valence-electron chi connectivity index (χ4n) is 2.04. The average Bonchev–Trinajstić information content (AvgIpc) is 2.81. The lowest BCUT2D eigenvalue weighted by Gasteiger charge is -2.15. The molecule has 0 bridgehead atoms. The molecule has 2 aromatic rings. The Bertz CT molecular complexity index is 663. The molecule has 1 aromatic heterocycles. The van der Waals surface area contributed by atoms with Gasteiger partial charge >= 0.3 is 5.97 Å². The maximum atomic E-state index is 13.5. The molecule has 1 heterocycles. The van der Waals surface area contributed by atoms with E-state index in [1.165, 1.54) is 19.2 Å². The number of hydrogen-bond acceptors (Lipinski definition) is 4. The highest BCUT2D eigenvalue weighted by Gasteiger charge is 2.30. The Labute approximate surface area is 122 Å². The van der Waals surface area contributed by atoms with E-state index in [1.54, 1.807) is 13.0 Å². The number of rotatable bonds is 2. The standard InChI is InChI=1S/C16H18FNO3/c1-9-6-10(8-11(17)7-9)14-18-13(16(2,3)4)12(21-14)15(19)20-5/h6-8H,1-5H3. The van der Waals surface area contributed by atoms with Gasteiger partial charge in [-0.2, -0.15) is 0 Å². The van der Waals surface area contributed by atoms with E-state index in [-0.39, 0.29) is 17.5 Å². The van der Waals surface area contributed by atoms with Gasteiger partial charge in [0.15, 0.2) is 0 Å². The SMILES string of the molecule is COC(=O)c1oc(-c2cc(C)cc(F)c2)nc1C(C)(C)C. The Kier molecular flexibility index (Phi) is 3.85. The molecule has 0 radical (unpaired) electrons. The summed E-state index contributed by atoms with van der Waals surface area (Å²) in [6.45, 7) is 7.52. The zero-order valence-electron chi connectivity index (χ0n) is 12.8. The number of aryl methyl sites for hydroxylation is 1. The summed E-state index contributed by atoms with van der Waals surface area (Å²) in [6, 6.07) is 4.49. The van der Waals surface area contributed by atoms with Crippen LogP contribution < -0.4 is 0 Å². The molecule has 2 rings (SSSR count). The third-order valence-electron chi connectivity index (χ3n) is 3.00. The number of aromatic nitrogens is 1. The Hall–Kier alpha value is -2.17. The van der Waals surface area contributed by atoms with Crippen molar-refractivity contribution in [3.05, 3.63) is 41.0 Å². The van der Waals surface area contributed by atoms with E-state index in [9.17, 15) is 9.18 Å². The fraction of sp³-hybridized carbons (Fsp3) is 0.375. The molecule has 0 unspecified atom stereocenters. The van der Waals surface area contributed by atoms with Gasteiger partial charge in [-0.15, -0.1) is 0 Å². The lowest BCUT2D eigenvalue weighted by Crippen LogP contribution is -2.17. The number of hydrogen-bond donors (Lipinski definition) is 0. The third-order valence-corrected chi connectivity index (χ3v) is 3.00. The van der Waals surface area contributed by atoms with Gasteiger partial charge in [0.25, 0.3) is 0 Å². The van der Waals surface area contributed by atoms with E-state index >= 15 is 0 Å². The second-order valence-electron chi connectivity index (χ2n) is 5.96. The molecule has 112 valence electrons. The summed E-state index contributed by atoms with van der Waals surface area (Å²) in [5, 5.41) is 0. The number of oxazole rings is 1. The van der Waals surface area contributed by atoms with E-state index in [1.807, 2.05) is 20.8 Å². The molecule has 0 amide bonds. The van der Waals surface area contributed by atoms with Crippen LogP contribution in [-0.2, 0) is 10.2 Å². The summed E-state index contributed by atoms with van der Waals surface area (Å²) in [5.74, 6) is -0.697. The highest BCUT2D eigenvalue weighted by molar-refractivity contribution is 5.88. The van der Waals surface area contributed by atoms with Crippen LogP contribution in [-0.4, -0.2) is 18.1 Å². The quantitative estimate of drug-likeness (QED) is 0.788. The first-order chi connectivity index (χ1) is 9.72. The van der Waals surface area contributed by atoms with Crippen molar-refractivity contribution in [1.29, 1.82) is 0 Å². The third kappa shape index (κ3) is 3.12. The number of methoxy groups -OCH3 is 1. The Balaban J connectivity index is 2.61. The van der Waals surface area contributed by atoms with Crippen molar-refractivity contribution in [2.24, 2.45) is 0 Å². The molecule has 21 heavy (non-hydrogen) atoms. The van der Waals surface area contributed by atoms with Crippen LogP contribution in [0.15, 0.2) is 22.6 Å². The predicted molar refractivity (Wildman–Crippen MR) is 76.7 cm³/mol. The van der Waals surface area contributed by atoms with Gasteiger partial charge in [0.1, 0.15) is 11.5 Å². The van der Waals surface area contributed by atoms with Gasteiger partial charge in [-0.1, -0.05) is 20.8 Å². The van der Waals surface area contributed by atoms with E-state index in [0.29, 0.717) is 11.3 Å². The van der Waals surface area contributed by atoms with Gasteiger partial charge in [0, 0.05) is 11.0 Å². The van der Waals surface area contributed by atoms with E-state index < -0.39 is 11.4 Å². The maximum absolute atomic E-state index is 13.5. The molecule has 1 aromatic carbocycles. The molecular formula is C16H18FNO3. The van der Waals surface area contributed by atoms with E-state index in [4.69, 9.17) is 9.15 Å². The molecule has 0 fully saturated rings. The predicted octanol–water partition coefficient (Wildman–Crippen LogP) is 3.87. The molecule has 5 heteroatoms. The van der Waals surface area contributed by atoms with Crippen molar-refractivity contribution in [3.63, 3.8) is 0 Å². The number of halogens is 1. The van der Waals surface area contributed by atoms with E-state index in [2.05, 4.69) is 4.98 Å². The van der Waals surface area contributed by atoms with Gasteiger partial charge < -0.3 is 9.15 Å². The van der Waals surface area contributed by atoms with Gasteiger partial charge in [-0.25, -0.2) is 14.2 Å². The van der Waals surface area contributed by atoms with Gasteiger partial charge in [-0.05, 0) is 30.7 Å². The fourth-order valence-corrected chi connectivity index (χ4v) is 2.04. The first-order valence-electron chi connectivity index (χ1n) is 6.59.